The van der Waals surface area contributed by atoms with Gasteiger partial charge in [-0.2, -0.15) is 5.10 Å². The second kappa shape index (κ2) is 5.42. The number of nitrogens with zero attached hydrogens (tertiary/aromatic N) is 2. The van der Waals surface area contributed by atoms with E-state index in [2.05, 4.69) is 10.2 Å². The van der Waals surface area contributed by atoms with Crippen LogP contribution in [0.5, 0.6) is 0 Å². The van der Waals surface area contributed by atoms with Crippen LogP contribution in [0.15, 0.2) is 0 Å². The lowest BCUT2D eigenvalue weighted by atomic mass is 9.97. The van der Waals surface area contributed by atoms with Crippen molar-refractivity contribution < 1.29 is 14.6 Å². The Labute approximate surface area is 124 Å². The van der Waals surface area contributed by atoms with Crippen molar-refractivity contribution in [1.29, 1.82) is 0 Å². The Kier molecular flexibility index (Phi) is 3.75. The molecule has 2 aliphatic rings. The highest BCUT2D eigenvalue weighted by Crippen LogP contribution is 2.35. The molecule has 6 nitrogen and oxygen atoms in total. The van der Waals surface area contributed by atoms with Crippen LogP contribution in [0.3, 0.4) is 0 Å². The molecule has 1 spiro atoms. The summed E-state index contributed by atoms with van der Waals surface area (Å²) in [4.78, 5) is 14.1. The number of hydrogen-bond acceptors (Lipinski definition) is 4. The molecule has 116 valence electrons. The van der Waals surface area contributed by atoms with E-state index in [0.29, 0.717) is 32.5 Å². The zero-order valence-electron chi connectivity index (χ0n) is 12.7. The zero-order chi connectivity index (χ0) is 15.0. The monoisotopic (exact) mass is 293 g/mol. The first-order valence-corrected chi connectivity index (χ1v) is 7.62. The number of carbonyl (C=O) groups is 1. The van der Waals surface area contributed by atoms with Crippen LogP contribution >= 0.6 is 0 Å². The lowest BCUT2D eigenvalue weighted by Gasteiger charge is -2.25. The quantitative estimate of drug-likeness (QED) is 0.860. The Morgan fingerprint density at radius 1 is 1.57 bits per heavy atom. The molecule has 2 fully saturated rings. The minimum absolute atomic E-state index is 0.0847. The molecule has 2 aliphatic heterocycles. The molecule has 0 unspecified atom stereocenters. The molecule has 2 saturated heterocycles. The summed E-state index contributed by atoms with van der Waals surface area (Å²) in [5.74, 6) is 0.0847. The second-order valence-corrected chi connectivity index (χ2v) is 6.22. The molecule has 6 heteroatoms. The van der Waals surface area contributed by atoms with Gasteiger partial charge < -0.3 is 14.7 Å². The first-order chi connectivity index (χ1) is 10.0. The van der Waals surface area contributed by atoms with Gasteiger partial charge in [0.05, 0.1) is 12.2 Å². The molecule has 2 N–H and O–H groups in total. The fourth-order valence-corrected chi connectivity index (χ4v) is 3.50. The number of aryl methyl sites for hydroxylation is 2. The van der Waals surface area contributed by atoms with Crippen molar-refractivity contribution in [3.8, 4) is 0 Å². The summed E-state index contributed by atoms with van der Waals surface area (Å²) in [7, 11) is 0. The van der Waals surface area contributed by atoms with Crippen molar-refractivity contribution in [1.82, 2.24) is 15.1 Å². The van der Waals surface area contributed by atoms with Gasteiger partial charge in [-0.05, 0) is 38.7 Å². The van der Waals surface area contributed by atoms with E-state index in [1.807, 2.05) is 13.8 Å². The van der Waals surface area contributed by atoms with Crippen LogP contribution in [-0.2, 0) is 16.0 Å². The van der Waals surface area contributed by atoms with Crippen LogP contribution in [0.1, 0.15) is 36.2 Å². The standard InChI is InChI=1S/C15H23N3O3/c1-10-12(11(2)17-16-10)4-5-14(20)18-8-13(19)15(9-18)6-3-7-21-15/h13,19H,3-9H2,1-2H3,(H,16,17)/t13-,15-/m0/s1. The fraction of sp³-hybridized carbons (Fsp3) is 0.733. The van der Waals surface area contributed by atoms with E-state index < -0.39 is 11.7 Å². The normalized spacial score (nSPS) is 28.7. The maximum absolute atomic E-state index is 12.4. The van der Waals surface area contributed by atoms with Crippen molar-refractivity contribution >= 4 is 5.91 Å². The predicted molar refractivity (Wildman–Crippen MR) is 76.9 cm³/mol. The number of carbonyl (C=O) groups excluding carboxylic acids is 1. The SMILES string of the molecule is Cc1n[nH]c(C)c1CCC(=O)N1C[C@H](O)[C@]2(CCCO2)C1. The number of amides is 1. The maximum Gasteiger partial charge on any atom is 0.223 e. The van der Waals surface area contributed by atoms with Gasteiger partial charge in [0.25, 0.3) is 0 Å². The van der Waals surface area contributed by atoms with Gasteiger partial charge in [-0.1, -0.05) is 0 Å². The number of rotatable bonds is 3. The van der Waals surface area contributed by atoms with Crippen LogP contribution in [-0.4, -0.2) is 57.5 Å². The summed E-state index contributed by atoms with van der Waals surface area (Å²) in [5.41, 5.74) is 2.60. The minimum Gasteiger partial charge on any atom is -0.388 e. The number of aromatic nitrogens is 2. The van der Waals surface area contributed by atoms with Crippen molar-refractivity contribution in [2.75, 3.05) is 19.7 Å². The highest BCUT2D eigenvalue weighted by molar-refractivity contribution is 5.77. The molecular formula is C15H23N3O3. The lowest BCUT2D eigenvalue weighted by molar-refractivity contribution is -0.131. The Morgan fingerprint density at radius 3 is 3.00 bits per heavy atom. The smallest absolute Gasteiger partial charge is 0.223 e. The number of H-pyrrole nitrogens is 1. The summed E-state index contributed by atoms with van der Waals surface area (Å²) in [5, 5.41) is 17.3. The van der Waals surface area contributed by atoms with E-state index >= 15 is 0 Å². The average Bonchev–Trinajstić information content (AvgIpc) is 3.13. The van der Waals surface area contributed by atoms with Crippen molar-refractivity contribution in [2.45, 2.75) is 51.2 Å². The molecule has 0 aromatic carbocycles. The van der Waals surface area contributed by atoms with E-state index in [4.69, 9.17) is 4.74 Å². The van der Waals surface area contributed by atoms with Crippen molar-refractivity contribution in [3.63, 3.8) is 0 Å². The van der Waals surface area contributed by atoms with Gasteiger partial charge in [-0.15, -0.1) is 0 Å². The van der Waals surface area contributed by atoms with E-state index in [0.717, 1.165) is 29.8 Å². The number of nitrogens with one attached hydrogen (secondary N) is 1. The van der Waals surface area contributed by atoms with Gasteiger partial charge in [-0.25, -0.2) is 0 Å². The molecular weight excluding hydrogens is 270 g/mol. The van der Waals surface area contributed by atoms with Crippen molar-refractivity contribution in [3.05, 3.63) is 17.0 Å². The number of aliphatic hydroxyl groups is 1. The molecule has 1 aromatic rings. The zero-order valence-corrected chi connectivity index (χ0v) is 12.7. The highest BCUT2D eigenvalue weighted by atomic mass is 16.5. The first kappa shape index (κ1) is 14.5. The predicted octanol–water partition coefficient (Wildman–Crippen LogP) is 0.711. The molecule has 1 aromatic heterocycles. The largest absolute Gasteiger partial charge is 0.388 e. The summed E-state index contributed by atoms with van der Waals surface area (Å²) >= 11 is 0. The first-order valence-electron chi connectivity index (χ1n) is 7.62. The van der Waals surface area contributed by atoms with Gasteiger partial charge in [0, 0.05) is 25.3 Å². The van der Waals surface area contributed by atoms with Gasteiger partial charge in [0.1, 0.15) is 11.7 Å². The average molecular weight is 293 g/mol. The molecule has 0 bridgehead atoms. The molecule has 0 radical (unpaired) electrons. The maximum atomic E-state index is 12.4. The third kappa shape index (κ3) is 2.58. The Balaban J connectivity index is 1.59. The van der Waals surface area contributed by atoms with Gasteiger partial charge in [-0.3, -0.25) is 9.89 Å². The highest BCUT2D eigenvalue weighted by Gasteiger charge is 2.50. The van der Waals surface area contributed by atoms with Crippen LogP contribution in [0.25, 0.3) is 0 Å². The van der Waals surface area contributed by atoms with E-state index in [1.54, 1.807) is 4.90 Å². The Morgan fingerprint density at radius 2 is 2.38 bits per heavy atom. The lowest BCUT2D eigenvalue weighted by Crippen LogP contribution is -2.41. The number of hydrogen-bond donors (Lipinski definition) is 2. The van der Waals surface area contributed by atoms with E-state index in [-0.39, 0.29) is 5.91 Å². The Bertz CT molecular complexity index is 515. The fourth-order valence-electron chi connectivity index (χ4n) is 3.50. The second-order valence-electron chi connectivity index (χ2n) is 6.22. The molecule has 3 rings (SSSR count). The minimum atomic E-state index is -0.554. The number of likely N-dealkylation sites (tertiary alicyclic amines) is 1. The number of ether oxygens (including phenoxy) is 1. The molecule has 0 aliphatic carbocycles. The summed E-state index contributed by atoms with van der Waals surface area (Å²) in [6.07, 6.45) is 2.39. The van der Waals surface area contributed by atoms with Crippen molar-refractivity contribution in [2.24, 2.45) is 0 Å². The topological polar surface area (TPSA) is 78.5 Å². The number of aromatic amines is 1. The van der Waals surface area contributed by atoms with E-state index in [9.17, 15) is 9.90 Å². The summed E-state index contributed by atoms with van der Waals surface area (Å²) in [6.45, 7) is 5.52. The Hall–Kier alpha value is -1.40. The van der Waals surface area contributed by atoms with Gasteiger partial charge >= 0.3 is 0 Å². The molecule has 0 saturated carbocycles. The third-order valence-electron chi connectivity index (χ3n) is 4.82. The summed E-state index contributed by atoms with van der Waals surface area (Å²) in [6, 6.07) is 0. The van der Waals surface area contributed by atoms with Gasteiger partial charge in [0.15, 0.2) is 0 Å². The number of aliphatic hydroxyl groups excluding tert-OH is 1. The third-order valence-corrected chi connectivity index (χ3v) is 4.82. The van der Waals surface area contributed by atoms with E-state index in [1.165, 1.54) is 0 Å². The molecule has 21 heavy (non-hydrogen) atoms. The molecule has 1 amide bonds. The number of β-amino-alcohol motifs (C(OH)–C–C–N with tert-alkyl or cyclic N) is 1. The van der Waals surface area contributed by atoms with Crippen LogP contribution in [0, 0.1) is 13.8 Å². The van der Waals surface area contributed by atoms with Crippen LogP contribution in [0.2, 0.25) is 0 Å². The van der Waals surface area contributed by atoms with Gasteiger partial charge in [0.2, 0.25) is 5.91 Å². The molecule has 3 heterocycles. The van der Waals surface area contributed by atoms with Crippen LogP contribution in [0.4, 0.5) is 0 Å². The summed E-state index contributed by atoms with van der Waals surface area (Å²) < 4.78 is 5.72. The molecule has 2 atom stereocenters. The van der Waals surface area contributed by atoms with Crippen LogP contribution < -0.4 is 0 Å².